The van der Waals surface area contributed by atoms with E-state index in [1.807, 2.05) is 0 Å². The van der Waals surface area contributed by atoms with Gasteiger partial charge in [-0.2, -0.15) is 0 Å². The fraction of sp³-hybridized carbons (Fsp3) is 0.250. The van der Waals surface area contributed by atoms with Crippen LogP contribution < -0.4 is 5.73 Å². The number of nitrogens with two attached hydrogens (primary N) is 1. The molecule has 0 saturated carbocycles. The predicted molar refractivity (Wildman–Crippen MR) is 67.3 cm³/mol. The van der Waals surface area contributed by atoms with Crippen molar-refractivity contribution < 1.29 is 4.39 Å². The summed E-state index contributed by atoms with van der Waals surface area (Å²) in [4.78, 5) is 3.08. The van der Waals surface area contributed by atoms with Gasteiger partial charge in [-0.1, -0.05) is 25.6 Å². The standard InChI is InChI=1S/C12H13FN2Si/c1-15-12-7-9(5-6-16(2,3)4)11(14)8-10(12)13/h7-8H,14H2,2-4H3. The Labute approximate surface area is 96.1 Å². The van der Waals surface area contributed by atoms with E-state index < -0.39 is 13.9 Å². The molecule has 0 spiro atoms. The highest BCUT2D eigenvalue weighted by molar-refractivity contribution is 6.83. The number of halogens is 1. The van der Waals surface area contributed by atoms with Gasteiger partial charge in [0.15, 0.2) is 0 Å². The van der Waals surface area contributed by atoms with Gasteiger partial charge in [-0.15, -0.1) is 5.54 Å². The first-order chi connectivity index (χ1) is 7.33. The van der Waals surface area contributed by atoms with E-state index >= 15 is 0 Å². The molecular weight excluding hydrogens is 219 g/mol. The maximum absolute atomic E-state index is 13.2. The topological polar surface area (TPSA) is 30.4 Å². The maximum Gasteiger partial charge on any atom is 0.223 e. The average molecular weight is 232 g/mol. The molecular formula is C12H13FN2Si. The van der Waals surface area contributed by atoms with Crippen LogP contribution in [0.2, 0.25) is 19.6 Å². The van der Waals surface area contributed by atoms with Gasteiger partial charge in [0.2, 0.25) is 5.69 Å². The van der Waals surface area contributed by atoms with Crippen molar-refractivity contribution in [2.24, 2.45) is 0 Å². The van der Waals surface area contributed by atoms with Crippen molar-refractivity contribution in [2.45, 2.75) is 19.6 Å². The molecule has 0 heterocycles. The van der Waals surface area contributed by atoms with E-state index in [2.05, 4.69) is 36.0 Å². The first kappa shape index (κ1) is 12.3. The summed E-state index contributed by atoms with van der Waals surface area (Å²) < 4.78 is 13.2. The minimum Gasteiger partial charge on any atom is -0.398 e. The molecule has 16 heavy (non-hydrogen) atoms. The smallest absolute Gasteiger partial charge is 0.223 e. The molecule has 1 rings (SSSR count). The normalized spacial score (nSPS) is 10.2. The molecule has 2 nitrogen and oxygen atoms in total. The van der Waals surface area contributed by atoms with E-state index in [1.165, 1.54) is 6.07 Å². The number of rotatable bonds is 0. The van der Waals surface area contributed by atoms with Crippen molar-refractivity contribution >= 4 is 19.4 Å². The van der Waals surface area contributed by atoms with Crippen molar-refractivity contribution in [1.82, 2.24) is 0 Å². The predicted octanol–water partition coefficient (Wildman–Crippen LogP) is 3.19. The van der Waals surface area contributed by atoms with Crippen LogP contribution in [0.1, 0.15) is 5.56 Å². The number of hydrogen-bond donors (Lipinski definition) is 1. The molecule has 0 atom stereocenters. The quantitative estimate of drug-likeness (QED) is 0.316. The van der Waals surface area contributed by atoms with Gasteiger partial charge >= 0.3 is 0 Å². The first-order valence-electron chi connectivity index (χ1n) is 4.83. The summed E-state index contributed by atoms with van der Waals surface area (Å²) in [5.41, 5.74) is 9.57. The van der Waals surface area contributed by atoms with Crippen molar-refractivity contribution in [3.63, 3.8) is 0 Å². The second-order valence-corrected chi connectivity index (χ2v) is 9.25. The summed E-state index contributed by atoms with van der Waals surface area (Å²) in [6.45, 7) is 13.1. The summed E-state index contributed by atoms with van der Waals surface area (Å²) in [6, 6.07) is 2.56. The van der Waals surface area contributed by atoms with Gasteiger partial charge in [0.25, 0.3) is 0 Å². The molecule has 0 bridgehead atoms. The van der Waals surface area contributed by atoms with Gasteiger partial charge in [0.1, 0.15) is 13.9 Å². The van der Waals surface area contributed by atoms with Crippen LogP contribution in [-0.4, -0.2) is 8.07 Å². The third kappa shape index (κ3) is 3.11. The zero-order valence-electron chi connectivity index (χ0n) is 9.56. The second kappa shape index (κ2) is 4.38. The molecule has 1 aromatic rings. The van der Waals surface area contributed by atoms with Crippen molar-refractivity contribution in [2.75, 3.05) is 5.73 Å². The van der Waals surface area contributed by atoms with Crippen LogP contribution in [-0.2, 0) is 0 Å². The summed E-state index contributed by atoms with van der Waals surface area (Å²) >= 11 is 0. The van der Waals surface area contributed by atoms with Gasteiger partial charge in [-0.3, -0.25) is 0 Å². The number of hydrogen-bond acceptors (Lipinski definition) is 1. The SMILES string of the molecule is [C-]#[N+]c1cc(C#C[Si](C)(C)C)c(N)cc1F. The van der Waals surface area contributed by atoms with E-state index in [0.29, 0.717) is 5.56 Å². The molecule has 82 valence electrons. The van der Waals surface area contributed by atoms with Crippen LogP contribution >= 0.6 is 0 Å². The van der Waals surface area contributed by atoms with Crippen LogP contribution in [0.25, 0.3) is 4.85 Å². The molecule has 0 saturated heterocycles. The fourth-order valence-electron chi connectivity index (χ4n) is 1.03. The lowest BCUT2D eigenvalue weighted by Crippen LogP contribution is -2.16. The molecule has 0 aliphatic carbocycles. The highest BCUT2D eigenvalue weighted by atomic mass is 28.3. The van der Waals surface area contributed by atoms with Crippen molar-refractivity contribution in [3.8, 4) is 11.5 Å². The Hall–Kier alpha value is -1.78. The summed E-state index contributed by atoms with van der Waals surface area (Å²) in [6.07, 6.45) is 0. The lowest BCUT2D eigenvalue weighted by Gasteiger charge is -2.05. The number of benzene rings is 1. The lowest BCUT2D eigenvalue weighted by molar-refractivity contribution is 0.634. The molecule has 0 radical (unpaired) electrons. The molecule has 2 N–H and O–H groups in total. The zero-order valence-corrected chi connectivity index (χ0v) is 10.6. The molecule has 0 amide bonds. The Morgan fingerprint density at radius 3 is 2.50 bits per heavy atom. The molecule has 0 aromatic heterocycles. The molecule has 0 aliphatic heterocycles. The number of nitrogen functional groups attached to an aromatic ring is 1. The molecule has 0 unspecified atom stereocenters. The van der Waals surface area contributed by atoms with Gasteiger partial charge in [0, 0.05) is 11.3 Å². The molecule has 0 fully saturated rings. The van der Waals surface area contributed by atoms with Gasteiger partial charge in [0.05, 0.1) is 6.57 Å². The fourth-order valence-corrected chi connectivity index (χ4v) is 1.54. The van der Waals surface area contributed by atoms with E-state index in [0.717, 1.165) is 6.07 Å². The van der Waals surface area contributed by atoms with Crippen LogP contribution in [0.3, 0.4) is 0 Å². The van der Waals surface area contributed by atoms with Crippen LogP contribution in [0.15, 0.2) is 12.1 Å². The number of nitrogens with zero attached hydrogens (tertiary/aromatic N) is 1. The van der Waals surface area contributed by atoms with Crippen molar-refractivity contribution in [1.29, 1.82) is 0 Å². The highest BCUT2D eigenvalue weighted by Gasteiger charge is 2.09. The minimum atomic E-state index is -1.49. The largest absolute Gasteiger partial charge is 0.398 e. The zero-order chi connectivity index (χ0) is 12.3. The van der Waals surface area contributed by atoms with E-state index in [9.17, 15) is 4.39 Å². The summed E-state index contributed by atoms with van der Waals surface area (Å²) in [7, 11) is -1.49. The van der Waals surface area contributed by atoms with Crippen LogP contribution in [0.4, 0.5) is 15.8 Å². The van der Waals surface area contributed by atoms with Crippen LogP contribution in [0.5, 0.6) is 0 Å². The van der Waals surface area contributed by atoms with Gasteiger partial charge in [-0.05, 0) is 12.1 Å². The highest BCUT2D eigenvalue weighted by Crippen LogP contribution is 2.23. The van der Waals surface area contributed by atoms with Crippen molar-refractivity contribution in [3.05, 3.63) is 34.9 Å². The minimum absolute atomic E-state index is 0.0333. The number of anilines is 1. The Morgan fingerprint density at radius 1 is 1.38 bits per heavy atom. The Kier molecular flexibility index (Phi) is 3.37. The molecule has 1 aromatic carbocycles. The Balaban J connectivity index is 3.25. The average Bonchev–Trinajstić information content (AvgIpc) is 2.15. The van der Waals surface area contributed by atoms with E-state index in [1.54, 1.807) is 0 Å². The lowest BCUT2D eigenvalue weighted by atomic mass is 10.1. The molecule has 0 aliphatic rings. The van der Waals surface area contributed by atoms with Gasteiger partial charge < -0.3 is 5.73 Å². The maximum atomic E-state index is 13.2. The Bertz CT molecular complexity index is 513. The summed E-state index contributed by atoms with van der Waals surface area (Å²) in [5.74, 6) is 2.34. The Morgan fingerprint density at radius 2 is 2.00 bits per heavy atom. The molecule has 4 heteroatoms. The van der Waals surface area contributed by atoms with E-state index in [4.69, 9.17) is 12.3 Å². The first-order valence-corrected chi connectivity index (χ1v) is 8.33. The third-order valence-corrected chi connectivity index (χ3v) is 2.69. The van der Waals surface area contributed by atoms with Gasteiger partial charge in [-0.25, -0.2) is 9.24 Å². The second-order valence-electron chi connectivity index (χ2n) is 4.50. The summed E-state index contributed by atoms with van der Waals surface area (Å²) in [5, 5.41) is 0. The van der Waals surface area contributed by atoms with E-state index in [-0.39, 0.29) is 11.4 Å². The third-order valence-electron chi connectivity index (χ3n) is 1.81. The monoisotopic (exact) mass is 232 g/mol. The van der Waals surface area contributed by atoms with Crippen LogP contribution in [0, 0.1) is 23.9 Å².